The number of hydrogen-bond acceptors (Lipinski definition) is 3. The number of nitrogens with two attached hydrogens (primary N) is 1. The van der Waals surface area contributed by atoms with Crippen LogP contribution in [-0.2, 0) is 11.0 Å². The van der Waals surface area contributed by atoms with Crippen LogP contribution in [0, 0.1) is 5.92 Å². The first-order valence-electron chi connectivity index (χ1n) is 6.23. The van der Waals surface area contributed by atoms with Gasteiger partial charge < -0.3 is 5.73 Å². The van der Waals surface area contributed by atoms with Crippen LogP contribution in [0.3, 0.4) is 0 Å². The fraction of sp³-hybridized carbons (Fsp3) is 0.385. The topological polar surface area (TPSA) is 58.7 Å². The number of alkyl halides is 3. The Morgan fingerprint density at radius 2 is 2.00 bits per heavy atom. The first kappa shape index (κ1) is 13.0. The maximum absolute atomic E-state index is 12.6. The third-order valence-corrected chi connectivity index (χ3v) is 3.43. The highest BCUT2D eigenvalue weighted by atomic mass is 19.4. The minimum absolute atomic E-state index is 0.103. The second-order valence-electron chi connectivity index (χ2n) is 5.02. The van der Waals surface area contributed by atoms with Crippen LogP contribution in [0.4, 0.5) is 24.5 Å². The van der Waals surface area contributed by atoms with E-state index in [2.05, 4.69) is 5.10 Å². The lowest BCUT2D eigenvalue weighted by Gasteiger charge is -2.16. The monoisotopic (exact) mass is 283 g/mol. The Hall–Kier alpha value is -2.05. The van der Waals surface area contributed by atoms with Crippen LogP contribution in [0.2, 0.25) is 0 Å². The fourth-order valence-corrected chi connectivity index (χ4v) is 2.20. The molecule has 0 unspecified atom stereocenters. The minimum Gasteiger partial charge on any atom is -0.397 e. The van der Waals surface area contributed by atoms with Crippen LogP contribution < -0.4 is 10.7 Å². The van der Waals surface area contributed by atoms with Gasteiger partial charge >= 0.3 is 6.18 Å². The standard InChI is InChI=1S/C13H12F3N3O/c14-13(15,16)8-3-4-11(9(17)5-8)19-12(20)6-10(18-19)7-1-2-7/h3-5,7H,1-2,6,17H2. The number of rotatable bonds is 2. The quantitative estimate of drug-likeness (QED) is 0.848. The number of nitrogen functional groups attached to an aromatic ring is 1. The van der Waals surface area contributed by atoms with Gasteiger partial charge in [0.15, 0.2) is 0 Å². The summed E-state index contributed by atoms with van der Waals surface area (Å²) < 4.78 is 37.7. The molecule has 2 N–H and O–H groups in total. The molecule has 1 fully saturated rings. The average molecular weight is 283 g/mol. The van der Waals surface area contributed by atoms with Crippen LogP contribution in [0.25, 0.3) is 0 Å². The molecule has 1 amide bonds. The number of benzene rings is 1. The average Bonchev–Trinajstić information content (AvgIpc) is 3.12. The number of hydrogen-bond donors (Lipinski definition) is 1. The van der Waals surface area contributed by atoms with Crippen molar-refractivity contribution < 1.29 is 18.0 Å². The first-order valence-corrected chi connectivity index (χ1v) is 6.23. The maximum Gasteiger partial charge on any atom is 0.416 e. The van der Waals surface area contributed by atoms with Gasteiger partial charge in [-0.1, -0.05) is 0 Å². The Balaban J connectivity index is 1.92. The summed E-state index contributed by atoms with van der Waals surface area (Å²) in [6, 6.07) is 2.92. The summed E-state index contributed by atoms with van der Waals surface area (Å²) in [6.07, 6.45) is -2.19. The molecule has 1 aromatic rings. The lowest BCUT2D eigenvalue weighted by molar-refractivity contribution is -0.137. The predicted molar refractivity (Wildman–Crippen MR) is 68.1 cm³/mol. The van der Waals surface area contributed by atoms with Crippen molar-refractivity contribution in [3.8, 4) is 0 Å². The SMILES string of the molecule is Nc1cc(C(F)(F)F)ccc1N1N=C(C2CC2)CC1=O. The second kappa shape index (κ2) is 4.22. The van der Waals surface area contributed by atoms with Crippen LogP contribution in [0.1, 0.15) is 24.8 Å². The maximum atomic E-state index is 12.6. The zero-order chi connectivity index (χ0) is 14.5. The lowest BCUT2D eigenvalue weighted by Crippen LogP contribution is -2.21. The van der Waals surface area contributed by atoms with E-state index >= 15 is 0 Å². The summed E-state index contributed by atoms with van der Waals surface area (Å²) >= 11 is 0. The Morgan fingerprint density at radius 1 is 1.30 bits per heavy atom. The molecule has 1 aliphatic carbocycles. The van der Waals surface area contributed by atoms with Crippen molar-refractivity contribution in [2.45, 2.75) is 25.4 Å². The molecule has 0 spiro atoms. The number of hydrazone groups is 1. The van der Waals surface area contributed by atoms with E-state index in [9.17, 15) is 18.0 Å². The molecule has 1 heterocycles. The molecular weight excluding hydrogens is 271 g/mol. The van der Waals surface area contributed by atoms with Gasteiger partial charge in [-0.05, 0) is 37.0 Å². The van der Waals surface area contributed by atoms with Crippen LogP contribution in [-0.4, -0.2) is 11.6 Å². The Bertz CT molecular complexity index is 605. The summed E-state index contributed by atoms with van der Waals surface area (Å²) in [5.74, 6) is 0.0954. The molecule has 1 saturated carbocycles. The van der Waals surface area contributed by atoms with E-state index in [4.69, 9.17) is 5.73 Å². The largest absolute Gasteiger partial charge is 0.416 e. The number of amides is 1. The lowest BCUT2D eigenvalue weighted by atomic mass is 10.1. The van der Waals surface area contributed by atoms with E-state index in [1.807, 2.05) is 0 Å². The fourth-order valence-electron chi connectivity index (χ4n) is 2.20. The first-order chi connectivity index (χ1) is 9.36. The Morgan fingerprint density at radius 3 is 2.55 bits per heavy atom. The molecule has 2 aliphatic rings. The van der Waals surface area contributed by atoms with Gasteiger partial charge in [-0.15, -0.1) is 0 Å². The van der Waals surface area contributed by atoms with Gasteiger partial charge in [-0.2, -0.15) is 23.3 Å². The smallest absolute Gasteiger partial charge is 0.397 e. The van der Waals surface area contributed by atoms with Crippen molar-refractivity contribution in [2.75, 3.05) is 10.7 Å². The highest BCUT2D eigenvalue weighted by molar-refractivity contribution is 6.15. The molecule has 20 heavy (non-hydrogen) atoms. The molecule has 3 rings (SSSR count). The van der Waals surface area contributed by atoms with Crippen LogP contribution in [0.5, 0.6) is 0 Å². The van der Waals surface area contributed by atoms with Crippen molar-refractivity contribution in [1.82, 2.24) is 0 Å². The van der Waals surface area contributed by atoms with Gasteiger partial charge in [0, 0.05) is 0 Å². The molecule has 0 aromatic heterocycles. The molecule has 0 bridgehead atoms. The molecule has 0 atom stereocenters. The van der Waals surface area contributed by atoms with E-state index in [-0.39, 0.29) is 23.7 Å². The van der Waals surface area contributed by atoms with Crippen molar-refractivity contribution in [3.63, 3.8) is 0 Å². The normalized spacial score (nSPS) is 19.4. The Kier molecular flexibility index (Phi) is 2.74. The van der Waals surface area contributed by atoms with Crippen molar-refractivity contribution >= 4 is 23.0 Å². The number of nitrogens with zero attached hydrogens (tertiary/aromatic N) is 2. The molecule has 0 radical (unpaired) electrons. The number of carbonyl (C=O) groups excluding carboxylic acids is 1. The molecule has 1 aliphatic heterocycles. The molecule has 0 saturated heterocycles. The summed E-state index contributed by atoms with van der Waals surface area (Å²) in [4.78, 5) is 11.9. The zero-order valence-electron chi connectivity index (χ0n) is 10.4. The van der Waals surface area contributed by atoms with Gasteiger partial charge in [-0.25, -0.2) is 0 Å². The third-order valence-electron chi connectivity index (χ3n) is 3.43. The van der Waals surface area contributed by atoms with E-state index in [1.165, 1.54) is 6.07 Å². The molecule has 106 valence electrons. The number of anilines is 2. The zero-order valence-corrected chi connectivity index (χ0v) is 10.4. The molecule has 1 aromatic carbocycles. The highest BCUT2D eigenvalue weighted by Crippen LogP contribution is 2.38. The third kappa shape index (κ3) is 2.23. The van der Waals surface area contributed by atoms with Crippen LogP contribution >= 0.6 is 0 Å². The van der Waals surface area contributed by atoms with Gasteiger partial charge in [0.1, 0.15) is 0 Å². The van der Waals surface area contributed by atoms with E-state index < -0.39 is 11.7 Å². The van der Waals surface area contributed by atoms with Gasteiger partial charge in [0.25, 0.3) is 5.91 Å². The second-order valence-corrected chi connectivity index (χ2v) is 5.02. The number of halogens is 3. The van der Waals surface area contributed by atoms with E-state index in [1.54, 1.807) is 0 Å². The van der Waals surface area contributed by atoms with Gasteiger partial charge in [-0.3, -0.25) is 4.79 Å². The van der Waals surface area contributed by atoms with Gasteiger partial charge in [0.2, 0.25) is 0 Å². The van der Waals surface area contributed by atoms with Gasteiger partial charge in [0.05, 0.1) is 29.1 Å². The molecule has 7 heteroatoms. The summed E-state index contributed by atoms with van der Waals surface area (Å²) in [7, 11) is 0. The van der Waals surface area contributed by atoms with E-state index in [0.29, 0.717) is 5.92 Å². The summed E-state index contributed by atoms with van der Waals surface area (Å²) in [5, 5.41) is 5.31. The highest BCUT2D eigenvalue weighted by Gasteiger charge is 2.37. The Labute approximate surface area is 113 Å². The summed E-state index contributed by atoms with van der Waals surface area (Å²) in [6.45, 7) is 0. The molecular formula is C13H12F3N3O. The number of carbonyl (C=O) groups is 1. The van der Waals surface area contributed by atoms with Crippen molar-refractivity contribution in [3.05, 3.63) is 23.8 Å². The predicted octanol–water partition coefficient (Wildman–Crippen LogP) is 2.79. The van der Waals surface area contributed by atoms with Crippen molar-refractivity contribution in [2.24, 2.45) is 11.0 Å². The molecule has 4 nitrogen and oxygen atoms in total. The van der Waals surface area contributed by atoms with Crippen LogP contribution in [0.15, 0.2) is 23.3 Å². The minimum atomic E-state index is -4.45. The van der Waals surface area contributed by atoms with Crippen molar-refractivity contribution in [1.29, 1.82) is 0 Å². The summed E-state index contributed by atoms with van der Waals surface area (Å²) in [5.41, 5.74) is 5.70. The van der Waals surface area contributed by atoms with E-state index in [0.717, 1.165) is 35.7 Å².